The third-order valence-corrected chi connectivity index (χ3v) is 3.25. The van der Waals surface area contributed by atoms with Crippen molar-refractivity contribution in [1.29, 1.82) is 0 Å². The predicted octanol–water partition coefficient (Wildman–Crippen LogP) is 4.35. The molecule has 0 saturated heterocycles. The maximum absolute atomic E-state index is 11.7. The maximum atomic E-state index is 11.7. The Kier molecular flexibility index (Phi) is 5.42. The molecular formula is C14H17ClO2S. The molecule has 1 aromatic carbocycles. The Morgan fingerprint density at radius 3 is 2.22 bits per heavy atom. The molecule has 0 fully saturated rings. The molecular weight excluding hydrogens is 268 g/mol. The lowest BCUT2D eigenvalue weighted by molar-refractivity contribution is -0.124. The van der Waals surface area contributed by atoms with Gasteiger partial charge < -0.3 is 0 Å². The van der Waals surface area contributed by atoms with Crippen LogP contribution in [-0.4, -0.2) is 10.9 Å². The van der Waals surface area contributed by atoms with Crippen molar-refractivity contribution in [2.45, 2.75) is 38.5 Å². The second-order valence-electron chi connectivity index (χ2n) is 5.38. The lowest BCUT2D eigenvalue weighted by Gasteiger charge is -2.16. The second-order valence-corrected chi connectivity index (χ2v) is 6.95. The number of hydrogen-bond acceptors (Lipinski definition) is 3. The monoisotopic (exact) mass is 284 g/mol. The number of ketones is 1. The van der Waals surface area contributed by atoms with E-state index >= 15 is 0 Å². The van der Waals surface area contributed by atoms with E-state index in [9.17, 15) is 9.59 Å². The first-order chi connectivity index (χ1) is 8.26. The number of halogens is 1. The van der Waals surface area contributed by atoms with Crippen LogP contribution in [0.25, 0.3) is 0 Å². The molecule has 0 spiro atoms. The van der Waals surface area contributed by atoms with E-state index in [0.717, 1.165) is 16.7 Å². The van der Waals surface area contributed by atoms with Gasteiger partial charge >= 0.3 is 0 Å². The van der Waals surface area contributed by atoms with Gasteiger partial charge in [-0.3, -0.25) is 9.59 Å². The first-order valence-corrected chi connectivity index (χ1v) is 6.94. The van der Waals surface area contributed by atoms with E-state index in [0.29, 0.717) is 11.4 Å². The highest BCUT2D eigenvalue weighted by atomic mass is 35.5. The molecule has 0 bridgehead atoms. The topological polar surface area (TPSA) is 34.1 Å². The van der Waals surface area contributed by atoms with Gasteiger partial charge in [-0.15, -0.1) is 0 Å². The number of thioether (sulfide) groups is 1. The van der Waals surface area contributed by atoms with Crippen molar-refractivity contribution in [3.8, 4) is 0 Å². The van der Waals surface area contributed by atoms with Crippen LogP contribution in [-0.2, 0) is 9.59 Å². The van der Waals surface area contributed by atoms with Gasteiger partial charge in [0.25, 0.3) is 0 Å². The molecule has 4 heteroatoms. The molecule has 0 N–H and O–H groups in total. The van der Waals surface area contributed by atoms with E-state index in [-0.39, 0.29) is 22.7 Å². The van der Waals surface area contributed by atoms with E-state index in [1.807, 2.05) is 20.8 Å². The van der Waals surface area contributed by atoms with Crippen LogP contribution >= 0.6 is 23.4 Å². The summed E-state index contributed by atoms with van der Waals surface area (Å²) < 4.78 is 0. The Morgan fingerprint density at radius 2 is 1.72 bits per heavy atom. The second kappa shape index (κ2) is 6.39. The van der Waals surface area contributed by atoms with Crippen molar-refractivity contribution < 1.29 is 9.59 Å². The Hall–Kier alpha value is -0.800. The minimum Gasteiger partial charge on any atom is -0.299 e. The van der Waals surface area contributed by atoms with Crippen molar-refractivity contribution >= 4 is 34.3 Å². The molecule has 0 aromatic heterocycles. The Labute approximate surface area is 117 Å². The van der Waals surface area contributed by atoms with Crippen LogP contribution in [0.5, 0.6) is 0 Å². The molecule has 0 saturated carbocycles. The predicted molar refractivity (Wildman–Crippen MR) is 76.0 cm³/mol. The van der Waals surface area contributed by atoms with Gasteiger partial charge in [0.05, 0.1) is 6.42 Å². The Bertz CT molecular complexity index is 432. The zero-order chi connectivity index (χ0) is 13.8. The molecule has 0 aliphatic heterocycles. The fourth-order valence-corrected chi connectivity index (χ4v) is 2.38. The Morgan fingerprint density at radius 1 is 1.17 bits per heavy atom. The molecule has 0 atom stereocenters. The molecule has 0 radical (unpaired) electrons. The van der Waals surface area contributed by atoms with E-state index < -0.39 is 0 Å². The van der Waals surface area contributed by atoms with Gasteiger partial charge in [0.2, 0.25) is 5.12 Å². The molecule has 0 amide bonds. The molecule has 0 aliphatic carbocycles. The number of hydrogen-bond donors (Lipinski definition) is 0. The van der Waals surface area contributed by atoms with Crippen LogP contribution in [0.2, 0.25) is 5.02 Å². The average molecular weight is 285 g/mol. The van der Waals surface area contributed by atoms with Crippen LogP contribution in [0.15, 0.2) is 29.2 Å². The molecule has 0 heterocycles. The molecule has 0 unspecified atom stereocenters. The van der Waals surface area contributed by atoms with Gasteiger partial charge in [-0.05, 0) is 29.7 Å². The summed E-state index contributed by atoms with van der Waals surface area (Å²) in [7, 11) is 0. The smallest absolute Gasteiger partial charge is 0.201 e. The van der Waals surface area contributed by atoms with Crippen molar-refractivity contribution in [3.63, 3.8) is 0 Å². The van der Waals surface area contributed by atoms with Crippen LogP contribution in [0.4, 0.5) is 0 Å². The van der Waals surface area contributed by atoms with E-state index in [4.69, 9.17) is 11.6 Å². The van der Waals surface area contributed by atoms with Gasteiger partial charge in [0, 0.05) is 16.3 Å². The SMILES string of the molecule is CC(C)(C)CC(=O)CC(=O)Sc1ccc(Cl)cc1. The third-order valence-electron chi connectivity index (χ3n) is 2.11. The van der Waals surface area contributed by atoms with Crippen LogP contribution in [0.3, 0.4) is 0 Å². The highest BCUT2D eigenvalue weighted by Crippen LogP contribution is 2.24. The van der Waals surface area contributed by atoms with Crippen LogP contribution < -0.4 is 0 Å². The van der Waals surface area contributed by atoms with Crippen LogP contribution in [0.1, 0.15) is 33.6 Å². The minimum absolute atomic E-state index is 0.00559. The number of benzene rings is 1. The molecule has 1 rings (SSSR count). The summed E-state index contributed by atoms with van der Waals surface area (Å²) in [6.45, 7) is 5.96. The summed E-state index contributed by atoms with van der Waals surface area (Å²) in [6.07, 6.45) is 0.421. The fourth-order valence-electron chi connectivity index (χ4n) is 1.49. The number of carbonyl (C=O) groups is 2. The largest absolute Gasteiger partial charge is 0.299 e. The van der Waals surface area contributed by atoms with Gasteiger partial charge in [0.1, 0.15) is 5.78 Å². The highest BCUT2D eigenvalue weighted by molar-refractivity contribution is 8.13. The molecule has 1 aromatic rings. The quantitative estimate of drug-likeness (QED) is 0.609. The van der Waals surface area contributed by atoms with Gasteiger partial charge in [0.15, 0.2) is 0 Å². The van der Waals surface area contributed by atoms with E-state index in [1.165, 1.54) is 0 Å². The normalized spacial score (nSPS) is 11.3. The zero-order valence-electron chi connectivity index (χ0n) is 10.8. The molecule has 2 nitrogen and oxygen atoms in total. The highest BCUT2D eigenvalue weighted by Gasteiger charge is 2.18. The van der Waals surface area contributed by atoms with Crippen molar-refractivity contribution in [3.05, 3.63) is 29.3 Å². The van der Waals surface area contributed by atoms with E-state index in [2.05, 4.69) is 0 Å². The van der Waals surface area contributed by atoms with Crippen molar-refractivity contribution in [2.75, 3.05) is 0 Å². The Balaban J connectivity index is 2.47. The maximum Gasteiger partial charge on any atom is 0.201 e. The van der Waals surface area contributed by atoms with Gasteiger partial charge in [-0.2, -0.15) is 0 Å². The third kappa shape index (κ3) is 6.22. The summed E-state index contributed by atoms with van der Waals surface area (Å²) >= 11 is 6.85. The summed E-state index contributed by atoms with van der Waals surface area (Å²) in [5.41, 5.74) is -0.0672. The number of Topliss-reactive ketones (excluding diaryl/α,β-unsaturated/α-hetero) is 1. The lowest BCUT2D eigenvalue weighted by Crippen LogP contribution is -2.14. The van der Waals surface area contributed by atoms with Gasteiger partial charge in [-0.1, -0.05) is 44.1 Å². The zero-order valence-corrected chi connectivity index (χ0v) is 12.4. The fraction of sp³-hybridized carbons (Fsp3) is 0.429. The first-order valence-electron chi connectivity index (χ1n) is 5.74. The van der Waals surface area contributed by atoms with Gasteiger partial charge in [-0.25, -0.2) is 0 Å². The first kappa shape index (κ1) is 15.3. The molecule has 18 heavy (non-hydrogen) atoms. The van der Waals surface area contributed by atoms with Crippen molar-refractivity contribution in [2.24, 2.45) is 5.41 Å². The number of carbonyl (C=O) groups excluding carboxylic acids is 2. The summed E-state index contributed by atoms with van der Waals surface area (Å²) in [4.78, 5) is 24.2. The average Bonchev–Trinajstić information content (AvgIpc) is 2.18. The lowest BCUT2D eigenvalue weighted by atomic mass is 9.89. The summed E-state index contributed by atoms with van der Waals surface area (Å²) in [5.74, 6) is -0.00559. The van der Waals surface area contributed by atoms with Crippen molar-refractivity contribution in [1.82, 2.24) is 0 Å². The number of rotatable bonds is 4. The van der Waals surface area contributed by atoms with Crippen LogP contribution in [0, 0.1) is 5.41 Å². The standard InChI is InChI=1S/C14H17ClO2S/c1-14(2,3)9-11(16)8-13(17)18-12-6-4-10(15)5-7-12/h4-7H,8-9H2,1-3H3. The summed E-state index contributed by atoms with van der Waals surface area (Å²) in [5, 5.41) is 0.516. The summed E-state index contributed by atoms with van der Waals surface area (Å²) in [6, 6.07) is 7.01. The van der Waals surface area contributed by atoms with E-state index in [1.54, 1.807) is 24.3 Å². The minimum atomic E-state index is -0.119. The molecule has 0 aliphatic rings. The molecule has 98 valence electrons.